The van der Waals surface area contributed by atoms with Crippen molar-refractivity contribution < 1.29 is 4.74 Å². The van der Waals surface area contributed by atoms with E-state index >= 15 is 0 Å². The second-order valence-corrected chi connectivity index (χ2v) is 4.92. The lowest BCUT2D eigenvalue weighted by Gasteiger charge is -2.14. The Morgan fingerprint density at radius 1 is 1.16 bits per heavy atom. The van der Waals surface area contributed by atoms with E-state index in [0.717, 1.165) is 0 Å². The molecule has 100 valence electrons. The van der Waals surface area contributed by atoms with Crippen LogP contribution in [-0.4, -0.2) is 26.4 Å². The molecule has 0 atom stereocenters. The Labute approximate surface area is 119 Å². The van der Waals surface area contributed by atoms with Gasteiger partial charge in [0.15, 0.2) is 5.82 Å². The van der Waals surface area contributed by atoms with Gasteiger partial charge in [-0.3, -0.25) is 0 Å². The summed E-state index contributed by atoms with van der Waals surface area (Å²) in [7, 11) is 0. The zero-order valence-electron chi connectivity index (χ0n) is 9.75. The van der Waals surface area contributed by atoms with E-state index in [9.17, 15) is 0 Å². The lowest BCUT2D eigenvalue weighted by molar-refractivity contribution is 0.336. The van der Waals surface area contributed by atoms with Crippen LogP contribution in [0.3, 0.4) is 0 Å². The molecule has 19 heavy (non-hydrogen) atoms. The summed E-state index contributed by atoms with van der Waals surface area (Å²) in [6.07, 6.45) is 2.74. The predicted octanol–water partition coefficient (Wildman–Crippen LogP) is 1.89. The summed E-state index contributed by atoms with van der Waals surface area (Å²) < 4.78 is 5.49. The van der Waals surface area contributed by atoms with Gasteiger partial charge in [0.1, 0.15) is 29.8 Å². The number of hydrogen-bond acceptors (Lipinski definition) is 6. The molecule has 1 aromatic carbocycles. The van der Waals surface area contributed by atoms with Gasteiger partial charge in [-0.05, 0) is 6.07 Å². The maximum atomic E-state index is 5.93. The van der Waals surface area contributed by atoms with Crippen molar-refractivity contribution in [3.8, 4) is 17.1 Å². The number of nitrogens with zero attached hydrogens (tertiary/aromatic N) is 3. The molecule has 2 aromatic rings. The standard InChI is InChI=1S/C11H11Cl2N5O/c12-9(13)3-19-8-2-6(14)1-7(15)10(8)11-17-4-16-5-18-11/h1-2,4-5,9H,3,14-15H2. The number of anilines is 2. The Morgan fingerprint density at radius 3 is 2.47 bits per heavy atom. The smallest absolute Gasteiger partial charge is 0.168 e. The van der Waals surface area contributed by atoms with Gasteiger partial charge >= 0.3 is 0 Å². The van der Waals surface area contributed by atoms with E-state index in [0.29, 0.717) is 28.5 Å². The molecule has 2 rings (SSSR count). The first-order chi connectivity index (χ1) is 9.08. The minimum absolute atomic E-state index is 0.101. The number of nitrogen functional groups attached to an aromatic ring is 2. The Balaban J connectivity index is 2.46. The third-order valence-electron chi connectivity index (χ3n) is 2.24. The third-order valence-corrected chi connectivity index (χ3v) is 2.49. The number of ether oxygens (including phenoxy) is 1. The molecule has 0 aliphatic rings. The molecule has 0 spiro atoms. The number of halogens is 2. The quantitative estimate of drug-likeness (QED) is 0.660. The van der Waals surface area contributed by atoms with Gasteiger partial charge in [-0.25, -0.2) is 15.0 Å². The first-order valence-corrected chi connectivity index (χ1v) is 6.17. The molecular weight excluding hydrogens is 289 g/mol. The Hall–Kier alpha value is -1.79. The lowest BCUT2D eigenvalue weighted by Crippen LogP contribution is -2.08. The van der Waals surface area contributed by atoms with Crippen molar-refractivity contribution in [3.05, 3.63) is 24.8 Å². The first kappa shape index (κ1) is 13.6. The molecular formula is C11H11Cl2N5O. The average molecular weight is 300 g/mol. The highest BCUT2D eigenvalue weighted by Gasteiger charge is 2.15. The molecule has 0 saturated heterocycles. The van der Waals surface area contributed by atoms with Crippen LogP contribution in [0.4, 0.5) is 11.4 Å². The molecule has 0 bridgehead atoms. The van der Waals surface area contributed by atoms with Gasteiger partial charge in [0.2, 0.25) is 0 Å². The Bertz CT molecular complexity index is 565. The van der Waals surface area contributed by atoms with E-state index in [1.807, 2.05) is 0 Å². The van der Waals surface area contributed by atoms with Crippen molar-refractivity contribution in [1.29, 1.82) is 0 Å². The van der Waals surface area contributed by atoms with Gasteiger partial charge < -0.3 is 16.2 Å². The molecule has 0 unspecified atom stereocenters. The molecule has 1 heterocycles. The van der Waals surface area contributed by atoms with Crippen LogP contribution in [0.25, 0.3) is 11.4 Å². The number of rotatable bonds is 4. The van der Waals surface area contributed by atoms with E-state index in [1.54, 1.807) is 12.1 Å². The first-order valence-electron chi connectivity index (χ1n) is 5.30. The topological polar surface area (TPSA) is 99.9 Å². The van der Waals surface area contributed by atoms with E-state index < -0.39 is 4.84 Å². The van der Waals surface area contributed by atoms with Crippen molar-refractivity contribution in [1.82, 2.24) is 15.0 Å². The van der Waals surface area contributed by atoms with Crippen molar-refractivity contribution in [3.63, 3.8) is 0 Å². The van der Waals surface area contributed by atoms with Crippen LogP contribution in [0.5, 0.6) is 5.75 Å². The summed E-state index contributed by atoms with van der Waals surface area (Å²) in [4.78, 5) is 11.2. The van der Waals surface area contributed by atoms with Crippen LogP contribution in [-0.2, 0) is 0 Å². The van der Waals surface area contributed by atoms with Crippen LogP contribution in [0, 0.1) is 0 Å². The highest BCUT2D eigenvalue weighted by molar-refractivity contribution is 6.44. The van der Waals surface area contributed by atoms with E-state index in [1.165, 1.54) is 12.7 Å². The van der Waals surface area contributed by atoms with Gasteiger partial charge in [-0.15, -0.1) is 23.2 Å². The second kappa shape index (κ2) is 5.90. The zero-order chi connectivity index (χ0) is 13.8. The minimum Gasteiger partial charge on any atom is -0.490 e. The van der Waals surface area contributed by atoms with Crippen LogP contribution < -0.4 is 16.2 Å². The number of alkyl halides is 2. The van der Waals surface area contributed by atoms with Crippen LogP contribution in [0.1, 0.15) is 0 Å². The number of nitrogens with two attached hydrogens (primary N) is 2. The summed E-state index contributed by atoms with van der Waals surface area (Å²) in [6, 6.07) is 3.22. The van der Waals surface area contributed by atoms with Crippen molar-refractivity contribution in [2.24, 2.45) is 0 Å². The number of hydrogen-bond donors (Lipinski definition) is 2. The zero-order valence-corrected chi connectivity index (χ0v) is 11.3. The lowest BCUT2D eigenvalue weighted by atomic mass is 10.1. The van der Waals surface area contributed by atoms with Crippen LogP contribution >= 0.6 is 23.2 Å². The van der Waals surface area contributed by atoms with E-state index in [-0.39, 0.29) is 6.61 Å². The Kier molecular flexibility index (Phi) is 4.24. The molecule has 0 aliphatic carbocycles. The van der Waals surface area contributed by atoms with Gasteiger partial charge in [0.05, 0.1) is 5.56 Å². The predicted molar refractivity (Wildman–Crippen MR) is 75.1 cm³/mol. The van der Waals surface area contributed by atoms with Crippen LogP contribution in [0.15, 0.2) is 24.8 Å². The third kappa shape index (κ3) is 3.36. The average Bonchev–Trinajstić information content (AvgIpc) is 2.36. The fraction of sp³-hybridized carbons (Fsp3) is 0.182. The molecule has 1 aromatic heterocycles. The summed E-state index contributed by atoms with van der Waals surface area (Å²) in [5, 5.41) is 0. The van der Waals surface area contributed by atoms with Crippen molar-refractivity contribution in [2.45, 2.75) is 4.84 Å². The summed E-state index contributed by atoms with van der Waals surface area (Å²) >= 11 is 11.3. The van der Waals surface area contributed by atoms with Gasteiger partial charge in [0.25, 0.3) is 0 Å². The number of benzene rings is 1. The largest absolute Gasteiger partial charge is 0.490 e. The van der Waals surface area contributed by atoms with Gasteiger partial charge in [-0.1, -0.05) is 0 Å². The summed E-state index contributed by atoms with van der Waals surface area (Å²) in [6.45, 7) is 0.101. The minimum atomic E-state index is -0.658. The molecule has 0 fully saturated rings. The van der Waals surface area contributed by atoms with Gasteiger partial charge in [0, 0.05) is 17.4 Å². The second-order valence-electron chi connectivity index (χ2n) is 3.65. The fourth-order valence-electron chi connectivity index (χ4n) is 1.53. The maximum absolute atomic E-state index is 5.93. The molecule has 0 aliphatic heterocycles. The molecule has 8 heteroatoms. The summed E-state index contributed by atoms with van der Waals surface area (Å²) in [5.74, 6) is 0.818. The molecule has 6 nitrogen and oxygen atoms in total. The Morgan fingerprint density at radius 2 is 1.84 bits per heavy atom. The highest BCUT2D eigenvalue weighted by atomic mass is 35.5. The fourth-order valence-corrected chi connectivity index (χ4v) is 1.66. The summed E-state index contributed by atoms with van der Waals surface area (Å²) in [5.41, 5.74) is 13.1. The maximum Gasteiger partial charge on any atom is 0.168 e. The molecule has 0 radical (unpaired) electrons. The molecule has 0 amide bonds. The molecule has 4 N–H and O–H groups in total. The number of aromatic nitrogens is 3. The van der Waals surface area contributed by atoms with Crippen LogP contribution in [0.2, 0.25) is 0 Å². The van der Waals surface area contributed by atoms with Gasteiger partial charge in [-0.2, -0.15) is 0 Å². The normalized spacial score (nSPS) is 10.7. The van der Waals surface area contributed by atoms with Crippen molar-refractivity contribution in [2.75, 3.05) is 18.1 Å². The van der Waals surface area contributed by atoms with Crippen molar-refractivity contribution >= 4 is 34.6 Å². The van der Waals surface area contributed by atoms with E-state index in [2.05, 4.69) is 15.0 Å². The monoisotopic (exact) mass is 299 g/mol. The highest BCUT2D eigenvalue weighted by Crippen LogP contribution is 2.35. The SMILES string of the molecule is Nc1cc(N)c(-c2ncncn2)c(OCC(Cl)Cl)c1. The van der Waals surface area contributed by atoms with E-state index in [4.69, 9.17) is 39.4 Å². The molecule has 0 saturated carbocycles.